The number of fused-ring (bicyclic) bond motifs is 3. The number of amides is 1. The molecule has 3 rings (SSSR count). The van der Waals surface area contributed by atoms with E-state index < -0.39 is 17.6 Å². The molecule has 0 aromatic carbocycles. The Labute approximate surface area is 146 Å². The Morgan fingerprint density at radius 2 is 2.04 bits per heavy atom. The summed E-state index contributed by atoms with van der Waals surface area (Å²) in [4.78, 5) is 14.0. The van der Waals surface area contributed by atoms with Gasteiger partial charge < -0.3 is 9.64 Å². The Morgan fingerprint density at radius 3 is 2.68 bits per heavy atom. The zero-order valence-electron chi connectivity index (χ0n) is 15.2. The lowest BCUT2D eigenvalue weighted by atomic mass is 9.96. The highest BCUT2D eigenvalue weighted by atomic mass is 19.3. The number of alkyl halides is 2. The highest BCUT2D eigenvalue weighted by Gasteiger charge is 2.44. The van der Waals surface area contributed by atoms with Gasteiger partial charge in [-0.05, 0) is 34.1 Å². The Bertz CT molecular complexity index is 719. The van der Waals surface area contributed by atoms with Crippen molar-refractivity contribution in [2.45, 2.75) is 77.6 Å². The summed E-state index contributed by atoms with van der Waals surface area (Å²) in [6.07, 6.45) is -0.0348. The van der Waals surface area contributed by atoms with Crippen LogP contribution in [0, 0.1) is 0 Å². The summed E-state index contributed by atoms with van der Waals surface area (Å²) in [6, 6.07) is -0.154. The van der Waals surface area contributed by atoms with Crippen molar-refractivity contribution >= 4 is 6.09 Å². The lowest BCUT2D eigenvalue weighted by Gasteiger charge is -2.35. The zero-order valence-corrected chi connectivity index (χ0v) is 15.2. The van der Waals surface area contributed by atoms with Crippen molar-refractivity contribution < 1.29 is 18.3 Å². The summed E-state index contributed by atoms with van der Waals surface area (Å²) in [6.45, 7) is 11.5. The largest absolute Gasteiger partial charge is 0.444 e. The first-order valence-corrected chi connectivity index (χ1v) is 8.61. The van der Waals surface area contributed by atoms with E-state index in [0.717, 1.165) is 5.57 Å². The molecule has 1 atom stereocenters. The summed E-state index contributed by atoms with van der Waals surface area (Å²) in [5, 5.41) is 4.41. The second-order valence-corrected chi connectivity index (χ2v) is 8.05. The normalized spacial score (nSPS) is 22.9. The van der Waals surface area contributed by atoms with Gasteiger partial charge in [-0.2, -0.15) is 13.9 Å². The molecule has 1 unspecified atom stereocenters. The quantitative estimate of drug-likeness (QED) is 0.662. The van der Waals surface area contributed by atoms with Crippen LogP contribution in [0.4, 0.5) is 13.6 Å². The number of ether oxygens (including phenoxy) is 1. The molecule has 2 aliphatic rings. The van der Waals surface area contributed by atoms with Crippen LogP contribution in [0.5, 0.6) is 0 Å². The van der Waals surface area contributed by atoms with Gasteiger partial charge in [0, 0.05) is 24.4 Å². The molecule has 0 N–H and O–H groups in total. The van der Waals surface area contributed by atoms with Crippen molar-refractivity contribution in [3.05, 3.63) is 29.1 Å². The first kappa shape index (κ1) is 17.9. The Kier molecular flexibility index (Phi) is 4.16. The summed E-state index contributed by atoms with van der Waals surface area (Å²) in [7, 11) is 0. The standard InChI is InChI=1S/C18H25F2N3O2/c1-11-6-7-18(19,20)15-13-10-22(16(24)25-17(3,4)5)12(2)8-14(13)21-23(15)9-11/h12H,1,6-10H2,2-5H3. The van der Waals surface area contributed by atoms with E-state index in [-0.39, 0.29) is 31.1 Å². The van der Waals surface area contributed by atoms with Crippen LogP contribution in [-0.4, -0.2) is 32.4 Å². The molecule has 0 aliphatic carbocycles. The number of carbonyl (C=O) groups excluding carboxylic acids is 1. The maximum Gasteiger partial charge on any atom is 0.410 e. The highest BCUT2D eigenvalue weighted by molar-refractivity contribution is 5.69. The van der Waals surface area contributed by atoms with Crippen LogP contribution in [0.15, 0.2) is 12.2 Å². The minimum absolute atomic E-state index is 0.0680. The van der Waals surface area contributed by atoms with Gasteiger partial charge in [0.15, 0.2) is 0 Å². The van der Waals surface area contributed by atoms with Gasteiger partial charge >= 0.3 is 6.09 Å². The molecule has 1 amide bonds. The lowest BCUT2D eigenvalue weighted by Crippen LogP contribution is -2.45. The molecule has 138 valence electrons. The summed E-state index contributed by atoms with van der Waals surface area (Å²) in [5.74, 6) is -2.97. The fourth-order valence-electron chi connectivity index (χ4n) is 3.43. The predicted molar refractivity (Wildman–Crippen MR) is 89.4 cm³/mol. The number of carbonyl (C=O) groups is 1. The van der Waals surface area contributed by atoms with Crippen LogP contribution in [0.25, 0.3) is 0 Å². The number of hydrogen-bond acceptors (Lipinski definition) is 3. The monoisotopic (exact) mass is 353 g/mol. The van der Waals surface area contributed by atoms with Crippen LogP contribution >= 0.6 is 0 Å². The van der Waals surface area contributed by atoms with Crippen molar-refractivity contribution in [1.82, 2.24) is 14.7 Å². The molecule has 0 radical (unpaired) electrons. The summed E-state index contributed by atoms with van der Waals surface area (Å²) < 4.78 is 36.2. The van der Waals surface area contributed by atoms with Crippen LogP contribution < -0.4 is 0 Å². The molecule has 0 spiro atoms. The highest BCUT2D eigenvalue weighted by Crippen LogP contribution is 2.42. The fraction of sp³-hybridized carbons (Fsp3) is 0.667. The summed E-state index contributed by atoms with van der Waals surface area (Å²) in [5.41, 5.74) is 1.16. The second kappa shape index (κ2) is 5.81. The first-order valence-electron chi connectivity index (χ1n) is 8.61. The number of rotatable bonds is 0. The number of allylic oxidation sites excluding steroid dienone is 1. The molecule has 5 nitrogen and oxygen atoms in total. The third kappa shape index (κ3) is 3.41. The van der Waals surface area contributed by atoms with Gasteiger partial charge in [-0.3, -0.25) is 4.68 Å². The van der Waals surface area contributed by atoms with Crippen LogP contribution in [0.2, 0.25) is 0 Å². The molecule has 3 heterocycles. The van der Waals surface area contributed by atoms with Crippen LogP contribution in [0.1, 0.15) is 57.5 Å². The molecule has 7 heteroatoms. The molecule has 0 saturated carbocycles. The van der Waals surface area contributed by atoms with E-state index in [0.29, 0.717) is 24.2 Å². The molecular weight excluding hydrogens is 328 g/mol. The number of nitrogens with zero attached hydrogens (tertiary/aromatic N) is 3. The van der Waals surface area contributed by atoms with Crippen molar-refractivity contribution in [3.63, 3.8) is 0 Å². The molecule has 0 saturated heterocycles. The number of halogens is 2. The smallest absolute Gasteiger partial charge is 0.410 e. The van der Waals surface area contributed by atoms with Gasteiger partial charge in [-0.25, -0.2) is 4.79 Å². The van der Waals surface area contributed by atoms with Crippen molar-refractivity contribution in [2.75, 3.05) is 0 Å². The third-order valence-electron chi connectivity index (χ3n) is 4.62. The Hall–Kier alpha value is -1.92. The minimum Gasteiger partial charge on any atom is -0.444 e. The summed E-state index contributed by atoms with van der Waals surface area (Å²) >= 11 is 0. The topological polar surface area (TPSA) is 47.4 Å². The molecule has 25 heavy (non-hydrogen) atoms. The van der Waals surface area contributed by atoms with E-state index in [9.17, 15) is 13.6 Å². The van der Waals surface area contributed by atoms with Gasteiger partial charge in [0.1, 0.15) is 11.3 Å². The molecular formula is C18H25F2N3O2. The molecule has 0 bridgehead atoms. The van der Waals surface area contributed by atoms with Gasteiger partial charge in [-0.15, -0.1) is 0 Å². The minimum atomic E-state index is -2.97. The van der Waals surface area contributed by atoms with Crippen LogP contribution in [0.3, 0.4) is 0 Å². The van der Waals surface area contributed by atoms with E-state index in [2.05, 4.69) is 11.7 Å². The molecule has 2 aliphatic heterocycles. The Morgan fingerprint density at radius 1 is 1.36 bits per heavy atom. The van der Waals surface area contributed by atoms with Gasteiger partial charge in [0.2, 0.25) is 0 Å². The van der Waals surface area contributed by atoms with Crippen molar-refractivity contribution in [3.8, 4) is 0 Å². The van der Waals surface area contributed by atoms with E-state index in [1.54, 1.807) is 20.8 Å². The number of aromatic nitrogens is 2. The van der Waals surface area contributed by atoms with Crippen LogP contribution in [-0.2, 0) is 30.2 Å². The maximum atomic E-state index is 14.7. The molecule has 1 aromatic heterocycles. The zero-order chi connectivity index (χ0) is 18.6. The van der Waals surface area contributed by atoms with Gasteiger partial charge in [-0.1, -0.05) is 12.2 Å². The van der Waals surface area contributed by atoms with Gasteiger partial charge in [0.25, 0.3) is 5.92 Å². The van der Waals surface area contributed by atoms with E-state index >= 15 is 0 Å². The van der Waals surface area contributed by atoms with E-state index in [4.69, 9.17) is 4.74 Å². The average Bonchev–Trinajstić information content (AvgIpc) is 2.74. The maximum absolute atomic E-state index is 14.7. The van der Waals surface area contributed by atoms with Crippen molar-refractivity contribution in [1.29, 1.82) is 0 Å². The SMILES string of the molecule is C=C1CCC(F)(F)c2c3c(nn2C1)CC(C)N(C(=O)OC(C)(C)C)C3. The van der Waals surface area contributed by atoms with Crippen molar-refractivity contribution in [2.24, 2.45) is 0 Å². The molecule has 0 fully saturated rings. The van der Waals surface area contributed by atoms with Gasteiger partial charge in [0.05, 0.1) is 18.8 Å². The average molecular weight is 353 g/mol. The Balaban J connectivity index is 1.97. The van der Waals surface area contributed by atoms with E-state index in [1.807, 2.05) is 6.92 Å². The second-order valence-electron chi connectivity index (χ2n) is 8.05. The third-order valence-corrected chi connectivity index (χ3v) is 4.62. The van der Waals surface area contributed by atoms with E-state index in [1.165, 1.54) is 9.58 Å². The molecule has 1 aromatic rings. The first-order chi connectivity index (χ1) is 11.5. The number of hydrogen-bond donors (Lipinski definition) is 0. The fourth-order valence-corrected chi connectivity index (χ4v) is 3.43. The lowest BCUT2D eigenvalue weighted by molar-refractivity contribution is -0.0207. The predicted octanol–water partition coefficient (Wildman–Crippen LogP) is 4.01.